The third-order valence-electron chi connectivity index (χ3n) is 6.64. The third-order valence-corrected chi connectivity index (χ3v) is 9.42. The maximum Gasteiger partial charge on any atom is 0.408 e. The third kappa shape index (κ3) is 15.6. The number of hydrogen-bond donors (Lipinski definition) is 6. The topological polar surface area (TPSA) is 218 Å². The number of hydrogen-bond acceptors (Lipinski definition) is 14. The number of alkyl carbamates (subject to hydrolysis) is 1. The second kappa shape index (κ2) is 23.6. The van der Waals surface area contributed by atoms with Crippen molar-refractivity contribution in [2.45, 2.75) is 44.4 Å². The van der Waals surface area contributed by atoms with E-state index in [1.165, 1.54) is 22.7 Å². The number of carbonyl (C=O) groups is 4. The van der Waals surface area contributed by atoms with Crippen molar-refractivity contribution in [1.82, 2.24) is 31.0 Å². The number of carbonyl (C=O) groups excluding carboxylic acids is 4. The lowest BCUT2D eigenvalue weighted by Crippen LogP contribution is -2.46. The molecule has 4 amide bonds. The number of aryl methyl sites for hydroxylation is 3. The van der Waals surface area contributed by atoms with Gasteiger partial charge in [0.15, 0.2) is 0 Å². The van der Waals surface area contributed by atoms with Crippen LogP contribution in [0.15, 0.2) is 60.7 Å². The van der Waals surface area contributed by atoms with Crippen molar-refractivity contribution in [1.29, 1.82) is 0 Å². The van der Waals surface area contributed by atoms with Crippen molar-refractivity contribution in [2.24, 2.45) is 0 Å². The minimum atomic E-state index is -1.23. The molecular weight excluding hydrogens is 757 g/mol. The molecule has 2 atom stereocenters. The van der Waals surface area contributed by atoms with E-state index in [4.69, 9.17) is 4.74 Å². The summed E-state index contributed by atoms with van der Waals surface area (Å²) in [6.07, 6.45) is 1.07. The summed E-state index contributed by atoms with van der Waals surface area (Å²) in [6.45, 7) is -1.16. The van der Waals surface area contributed by atoms with E-state index in [0.717, 1.165) is 22.6 Å². The molecule has 0 saturated heterocycles. The number of nitrogens with zero attached hydrogens (tertiary/aromatic N) is 4. The average molecular weight is 797 g/mol. The van der Waals surface area contributed by atoms with Gasteiger partial charge in [0.2, 0.25) is 16.2 Å². The highest BCUT2D eigenvalue weighted by Crippen LogP contribution is 2.20. The summed E-state index contributed by atoms with van der Waals surface area (Å²) in [5, 5.41) is 47.4. The fourth-order valence-corrected chi connectivity index (χ4v) is 6.70. The maximum absolute atomic E-state index is 12.6. The molecule has 0 saturated carbocycles. The molecule has 0 aliphatic rings. The van der Waals surface area contributed by atoms with Gasteiger partial charge >= 0.3 is 6.09 Å². The van der Waals surface area contributed by atoms with Crippen LogP contribution < -0.4 is 21.3 Å². The Morgan fingerprint density at radius 3 is 1.69 bits per heavy atom. The molecule has 4 aromatic rings. The highest BCUT2D eigenvalue weighted by Gasteiger charge is 2.23. The van der Waals surface area contributed by atoms with E-state index >= 15 is 0 Å². The maximum atomic E-state index is 12.6. The van der Waals surface area contributed by atoms with Crippen LogP contribution in [0, 0.1) is 0 Å². The highest BCUT2D eigenvalue weighted by atomic mass is 32.2. The van der Waals surface area contributed by atoms with Crippen molar-refractivity contribution in [3.05, 3.63) is 81.8 Å². The number of thioether (sulfide) groups is 1. The Hall–Kier alpha value is -3.79. The minimum Gasteiger partial charge on any atom is -0.445 e. The second-order valence-electron chi connectivity index (χ2n) is 10.3. The Labute approximate surface area is 320 Å². The van der Waals surface area contributed by atoms with Crippen LogP contribution in [0.3, 0.4) is 0 Å². The number of aromatic nitrogens is 4. The molecule has 276 valence electrons. The molecule has 2 aromatic heterocycles. The smallest absolute Gasteiger partial charge is 0.408 e. The SMILES string of the molecule is O=C(CCc1ccccc1)N[C@@H](CO)C(=O)Nc1nnc(CCSCCc2nnc(NC(=O)[C@H](CO)NC(=O)OCc3ccccc3)s2)s1.S.S. The molecule has 20 heteroatoms. The van der Waals surface area contributed by atoms with Gasteiger partial charge in [-0.3, -0.25) is 25.0 Å². The summed E-state index contributed by atoms with van der Waals surface area (Å²) in [7, 11) is 0. The first-order valence-electron chi connectivity index (χ1n) is 15.2. The summed E-state index contributed by atoms with van der Waals surface area (Å²) < 4.78 is 5.10. The zero-order valence-corrected chi connectivity index (χ0v) is 31.7. The van der Waals surface area contributed by atoms with E-state index in [2.05, 4.69) is 41.7 Å². The van der Waals surface area contributed by atoms with Gasteiger partial charge in [-0.15, -0.1) is 20.4 Å². The van der Waals surface area contributed by atoms with Gasteiger partial charge in [0, 0.05) is 19.3 Å². The van der Waals surface area contributed by atoms with Crippen LogP contribution in [0.4, 0.5) is 15.1 Å². The van der Waals surface area contributed by atoms with E-state index < -0.39 is 43.2 Å². The van der Waals surface area contributed by atoms with E-state index in [1.807, 2.05) is 48.5 Å². The van der Waals surface area contributed by atoms with E-state index in [9.17, 15) is 29.4 Å². The molecule has 6 N–H and O–H groups in total. The lowest BCUT2D eigenvalue weighted by molar-refractivity contribution is -0.127. The molecule has 0 spiro atoms. The zero-order chi connectivity index (χ0) is 34.8. The summed E-state index contributed by atoms with van der Waals surface area (Å²) in [4.78, 5) is 49.5. The Balaban J connectivity index is 0.00000451. The molecule has 2 aromatic carbocycles. The first kappa shape index (κ1) is 43.4. The van der Waals surface area contributed by atoms with Crippen LogP contribution in [-0.2, 0) is 45.0 Å². The summed E-state index contributed by atoms with van der Waals surface area (Å²) in [5.74, 6) is -0.124. The van der Waals surface area contributed by atoms with Crippen molar-refractivity contribution < 1.29 is 34.1 Å². The Morgan fingerprint density at radius 1 is 0.686 bits per heavy atom. The summed E-state index contributed by atoms with van der Waals surface area (Å²) in [5.41, 5.74) is 1.78. The number of amides is 4. The van der Waals surface area contributed by atoms with Gasteiger partial charge in [-0.1, -0.05) is 83.3 Å². The molecule has 0 fully saturated rings. The average Bonchev–Trinajstić information content (AvgIpc) is 3.77. The summed E-state index contributed by atoms with van der Waals surface area (Å²) >= 11 is 4.06. The minimum absolute atomic E-state index is 0. The van der Waals surface area contributed by atoms with Crippen LogP contribution >= 0.6 is 61.4 Å². The van der Waals surface area contributed by atoms with Crippen molar-refractivity contribution in [3.8, 4) is 0 Å². The van der Waals surface area contributed by atoms with Crippen molar-refractivity contribution in [2.75, 3.05) is 35.4 Å². The normalized spacial score (nSPS) is 11.6. The number of aliphatic hydroxyl groups is 2. The molecule has 0 bridgehead atoms. The first-order chi connectivity index (χ1) is 23.8. The number of aliphatic hydroxyl groups excluding tert-OH is 2. The van der Waals surface area contributed by atoms with Crippen LogP contribution in [0.2, 0.25) is 0 Å². The van der Waals surface area contributed by atoms with Crippen LogP contribution in [0.1, 0.15) is 27.6 Å². The predicted octanol–water partition coefficient (Wildman–Crippen LogP) is 2.41. The van der Waals surface area contributed by atoms with Gasteiger partial charge in [0.05, 0.1) is 13.2 Å². The lowest BCUT2D eigenvalue weighted by atomic mass is 10.1. The first-order valence-corrected chi connectivity index (χ1v) is 18.0. The molecule has 0 unspecified atom stereocenters. The molecule has 4 rings (SSSR count). The molecule has 0 aliphatic carbocycles. The molecule has 2 heterocycles. The Morgan fingerprint density at radius 2 is 1.18 bits per heavy atom. The number of nitrogens with one attached hydrogen (secondary N) is 4. The Bertz CT molecular complexity index is 1530. The lowest BCUT2D eigenvalue weighted by Gasteiger charge is -2.15. The monoisotopic (exact) mass is 796 g/mol. The van der Waals surface area contributed by atoms with Crippen molar-refractivity contribution >= 4 is 95.5 Å². The quantitative estimate of drug-likeness (QED) is 0.0755. The van der Waals surface area contributed by atoms with Gasteiger partial charge in [-0.05, 0) is 29.1 Å². The molecular formula is C31H40N8O7S5. The van der Waals surface area contributed by atoms with Gasteiger partial charge < -0.3 is 25.6 Å². The number of anilines is 2. The molecule has 15 nitrogen and oxygen atoms in total. The highest BCUT2D eigenvalue weighted by molar-refractivity contribution is 7.99. The second-order valence-corrected chi connectivity index (χ2v) is 13.7. The Kier molecular flexibility index (Phi) is 20.1. The van der Waals surface area contributed by atoms with E-state index in [-0.39, 0.29) is 56.2 Å². The van der Waals surface area contributed by atoms with Crippen molar-refractivity contribution in [3.63, 3.8) is 0 Å². The number of rotatable bonds is 19. The zero-order valence-electron chi connectivity index (χ0n) is 27.2. The van der Waals surface area contributed by atoms with Gasteiger partial charge in [-0.25, -0.2) is 4.79 Å². The predicted molar refractivity (Wildman–Crippen MR) is 207 cm³/mol. The summed E-state index contributed by atoms with van der Waals surface area (Å²) in [6, 6.07) is 16.2. The van der Waals surface area contributed by atoms with E-state index in [1.54, 1.807) is 23.9 Å². The van der Waals surface area contributed by atoms with Gasteiger partial charge in [-0.2, -0.15) is 38.8 Å². The largest absolute Gasteiger partial charge is 0.445 e. The number of ether oxygens (including phenoxy) is 1. The van der Waals surface area contributed by atoms with Crippen LogP contribution in [0.5, 0.6) is 0 Å². The molecule has 0 radical (unpaired) electrons. The number of benzene rings is 2. The van der Waals surface area contributed by atoms with Crippen LogP contribution in [0.25, 0.3) is 0 Å². The van der Waals surface area contributed by atoms with Gasteiger partial charge in [0.1, 0.15) is 28.7 Å². The fourth-order valence-electron chi connectivity index (χ4n) is 4.08. The molecule has 0 aliphatic heterocycles. The standard InChI is InChI=1S/C31H36N8O7S3.2H2S/c40-17-22(32-24(42)12-11-20-7-3-1-4-8-20)27(43)34-29-38-36-25(48-29)13-15-47-16-14-26-37-39-30(49-26)35-28(44)23(18-41)33-31(45)46-19-21-9-5-2-6-10-21;;/h1-10,22-23,40-41H,11-19H2,(H,32,42)(H,33,45)(H,34,38,43)(H,35,39,44);2*1H2/t22-,23-;;/m0../s1. The van der Waals surface area contributed by atoms with Crippen LogP contribution in [-0.4, -0.2) is 91.2 Å². The molecule has 51 heavy (non-hydrogen) atoms. The van der Waals surface area contributed by atoms with E-state index in [0.29, 0.717) is 29.3 Å². The van der Waals surface area contributed by atoms with Gasteiger partial charge in [0.25, 0.3) is 11.8 Å². The fraction of sp³-hybridized carbons (Fsp3) is 0.355.